The predicted octanol–water partition coefficient (Wildman–Crippen LogP) is 3.20. The Hall–Kier alpha value is -1.98. The third-order valence-corrected chi connectivity index (χ3v) is 3.36. The van der Waals surface area contributed by atoms with Crippen LogP contribution < -0.4 is 0 Å². The average molecular weight is 313 g/mol. The van der Waals surface area contributed by atoms with Crippen molar-refractivity contribution in [3.63, 3.8) is 0 Å². The van der Waals surface area contributed by atoms with Gasteiger partial charge in [0, 0.05) is 18.0 Å². The molecule has 0 aliphatic heterocycles. The molecule has 1 aromatic rings. The van der Waals surface area contributed by atoms with Crippen LogP contribution in [0.5, 0.6) is 0 Å². The van der Waals surface area contributed by atoms with Crippen LogP contribution in [0.2, 0.25) is 0 Å². The van der Waals surface area contributed by atoms with E-state index in [-0.39, 0.29) is 18.0 Å². The van der Waals surface area contributed by atoms with Crippen LogP contribution in [0.15, 0.2) is 18.2 Å². The highest BCUT2D eigenvalue weighted by Crippen LogP contribution is 2.26. The minimum atomic E-state index is -1.17. The highest BCUT2D eigenvalue weighted by molar-refractivity contribution is 5.85. The number of hydrogen-bond acceptors (Lipinski definition) is 2. The first-order valence-electron chi connectivity index (χ1n) is 7.12. The average Bonchev–Trinajstić information content (AvgIpc) is 2.35. The first kappa shape index (κ1) is 18.1. The van der Waals surface area contributed by atoms with Gasteiger partial charge < -0.3 is 10.0 Å². The van der Waals surface area contributed by atoms with Gasteiger partial charge in [0.15, 0.2) is 0 Å². The van der Waals surface area contributed by atoms with Crippen LogP contribution in [0.4, 0.5) is 8.78 Å². The van der Waals surface area contributed by atoms with Crippen molar-refractivity contribution >= 4 is 11.9 Å². The Balaban J connectivity index is 3.02. The maximum Gasteiger partial charge on any atom is 0.323 e. The lowest BCUT2D eigenvalue weighted by Crippen LogP contribution is -2.43. The molecule has 1 amide bonds. The van der Waals surface area contributed by atoms with Crippen molar-refractivity contribution in [2.45, 2.75) is 40.2 Å². The third-order valence-electron chi connectivity index (χ3n) is 3.36. The Morgan fingerprint density at radius 2 is 1.73 bits per heavy atom. The zero-order valence-corrected chi connectivity index (χ0v) is 13.0. The predicted molar refractivity (Wildman–Crippen MR) is 78.1 cm³/mol. The Kier molecular flexibility index (Phi) is 6.02. The topological polar surface area (TPSA) is 57.6 Å². The molecule has 0 aliphatic carbocycles. The molecule has 122 valence electrons. The number of hydrogen-bond donors (Lipinski definition) is 1. The monoisotopic (exact) mass is 313 g/mol. The van der Waals surface area contributed by atoms with E-state index in [1.807, 2.05) is 6.92 Å². The summed E-state index contributed by atoms with van der Waals surface area (Å²) < 4.78 is 26.5. The lowest BCUT2D eigenvalue weighted by atomic mass is 9.86. The summed E-state index contributed by atoms with van der Waals surface area (Å²) in [6, 6.07) is 2.92. The molecule has 0 spiro atoms. The van der Waals surface area contributed by atoms with Crippen molar-refractivity contribution in [3.8, 4) is 0 Å². The van der Waals surface area contributed by atoms with Crippen LogP contribution in [-0.4, -0.2) is 28.4 Å². The SMILES string of the molecule is CCCC(C)(C)C(=O)N(CC(=O)O)Cc1cc(F)cc(F)c1. The van der Waals surface area contributed by atoms with Gasteiger partial charge in [0.1, 0.15) is 18.2 Å². The van der Waals surface area contributed by atoms with Gasteiger partial charge in [-0.2, -0.15) is 0 Å². The molecule has 0 fully saturated rings. The molecule has 0 atom stereocenters. The number of amides is 1. The lowest BCUT2D eigenvalue weighted by molar-refractivity contribution is -0.149. The summed E-state index contributed by atoms with van der Waals surface area (Å²) in [6.07, 6.45) is 1.37. The highest BCUT2D eigenvalue weighted by atomic mass is 19.1. The molecule has 1 N–H and O–H groups in total. The first-order chi connectivity index (χ1) is 10.2. The molecule has 1 rings (SSSR count). The van der Waals surface area contributed by atoms with Crippen LogP contribution in [0.25, 0.3) is 0 Å². The van der Waals surface area contributed by atoms with Crippen LogP contribution in [0.3, 0.4) is 0 Å². The fourth-order valence-electron chi connectivity index (χ4n) is 2.45. The van der Waals surface area contributed by atoms with Gasteiger partial charge in [-0.05, 0) is 24.1 Å². The summed E-state index contributed by atoms with van der Waals surface area (Å²) in [5.74, 6) is -3.03. The van der Waals surface area contributed by atoms with E-state index in [2.05, 4.69) is 0 Å². The number of carboxylic acid groups (broad SMARTS) is 1. The number of nitrogens with zero attached hydrogens (tertiary/aromatic N) is 1. The molecule has 1 aromatic carbocycles. The fourth-order valence-corrected chi connectivity index (χ4v) is 2.45. The second-order valence-electron chi connectivity index (χ2n) is 5.97. The van der Waals surface area contributed by atoms with Gasteiger partial charge in [-0.3, -0.25) is 9.59 Å². The molecule has 0 saturated carbocycles. The Morgan fingerprint density at radius 3 is 2.18 bits per heavy atom. The maximum absolute atomic E-state index is 13.2. The highest BCUT2D eigenvalue weighted by Gasteiger charge is 2.32. The van der Waals surface area contributed by atoms with Crippen molar-refractivity contribution < 1.29 is 23.5 Å². The van der Waals surface area contributed by atoms with E-state index < -0.39 is 29.6 Å². The minimum Gasteiger partial charge on any atom is -0.480 e. The molecule has 0 radical (unpaired) electrons. The van der Waals surface area contributed by atoms with Crippen LogP contribution in [0, 0.1) is 17.0 Å². The second-order valence-corrected chi connectivity index (χ2v) is 5.97. The number of carbonyl (C=O) groups excluding carboxylic acids is 1. The number of aliphatic carboxylic acids is 1. The Labute approximate surface area is 128 Å². The summed E-state index contributed by atoms with van der Waals surface area (Å²) in [5.41, 5.74) is -0.504. The van der Waals surface area contributed by atoms with Gasteiger partial charge in [0.05, 0.1) is 0 Å². The largest absolute Gasteiger partial charge is 0.480 e. The molecule has 22 heavy (non-hydrogen) atoms. The molecule has 0 heterocycles. The summed E-state index contributed by atoms with van der Waals surface area (Å²) >= 11 is 0. The summed E-state index contributed by atoms with van der Waals surface area (Å²) in [4.78, 5) is 24.6. The van der Waals surface area contributed by atoms with Crippen LogP contribution in [-0.2, 0) is 16.1 Å². The van der Waals surface area contributed by atoms with E-state index >= 15 is 0 Å². The second kappa shape index (κ2) is 7.33. The van der Waals surface area contributed by atoms with Gasteiger partial charge in [0.25, 0.3) is 0 Å². The number of benzene rings is 1. The van der Waals surface area contributed by atoms with Crippen LogP contribution >= 0.6 is 0 Å². The molecule has 0 unspecified atom stereocenters. The van der Waals surface area contributed by atoms with Crippen molar-refractivity contribution in [2.24, 2.45) is 5.41 Å². The summed E-state index contributed by atoms with van der Waals surface area (Å²) in [5, 5.41) is 8.97. The molecule has 4 nitrogen and oxygen atoms in total. The summed E-state index contributed by atoms with van der Waals surface area (Å²) in [6.45, 7) is 4.75. The first-order valence-corrected chi connectivity index (χ1v) is 7.12. The standard InChI is InChI=1S/C16H21F2NO3/c1-4-5-16(2,3)15(22)19(10-14(20)21)9-11-6-12(17)8-13(18)7-11/h6-8H,4-5,9-10H2,1-3H3,(H,20,21). The molecular formula is C16H21F2NO3. The molecule has 6 heteroatoms. The molecule has 0 saturated heterocycles. The maximum atomic E-state index is 13.2. The van der Waals surface area contributed by atoms with E-state index in [1.54, 1.807) is 13.8 Å². The smallest absolute Gasteiger partial charge is 0.323 e. The number of carbonyl (C=O) groups is 2. The molecule has 0 aromatic heterocycles. The normalized spacial score (nSPS) is 11.3. The van der Waals surface area contributed by atoms with E-state index in [9.17, 15) is 18.4 Å². The fraction of sp³-hybridized carbons (Fsp3) is 0.500. The van der Waals surface area contributed by atoms with Gasteiger partial charge >= 0.3 is 5.97 Å². The lowest BCUT2D eigenvalue weighted by Gasteiger charge is -2.31. The summed E-state index contributed by atoms with van der Waals surface area (Å²) in [7, 11) is 0. The zero-order chi connectivity index (χ0) is 16.9. The molecule has 0 bridgehead atoms. The van der Waals surface area contributed by atoms with Crippen molar-refractivity contribution in [2.75, 3.05) is 6.54 Å². The van der Waals surface area contributed by atoms with E-state index in [0.717, 1.165) is 29.5 Å². The quantitative estimate of drug-likeness (QED) is 0.841. The molecule has 0 aliphatic rings. The van der Waals surface area contributed by atoms with Gasteiger partial charge in [-0.15, -0.1) is 0 Å². The van der Waals surface area contributed by atoms with Gasteiger partial charge in [0.2, 0.25) is 5.91 Å². The van der Waals surface area contributed by atoms with Gasteiger partial charge in [-0.25, -0.2) is 8.78 Å². The van der Waals surface area contributed by atoms with Crippen LogP contribution in [0.1, 0.15) is 39.2 Å². The minimum absolute atomic E-state index is 0.146. The third kappa shape index (κ3) is 5.09. The van der Waals surface area contributed by atoms with Crippen molar-refractivity contribution in [3.05, 3.63) is 35.4 Å². The van der Waals surface area contributed by atoms with Crippen molar-refractivity contribution in [1.82, 2.24) is 4.90 Å². The zero-order valence-electron chi connectivity index (χ0n) is 13.0. The Bertz CT molecular complexity index is 538. The number of rotatable bonds is 7. The Morgan fingerprint density at radius 1 is 1.18 bits per heavy atom. The number of carboxylic acids is 1. The van der Waals surface area contributed by atoms with E-state index in [4.69, 9.17) is 5.11 Å². The van der Waals surface area contributed by atoms with E-state index in [0.29, 0.717) is 6.42 Å². The number of halogens is 2. The van der Waals surface area contributed by atoms with E-state index in [1.165, 1.54) is 0 Å². The van der Waals surface area contributed by atoms with Gasteiger partial charge in [-0.1, -0.05) is 27.2 Å². The van der Waals surface area contributed by atoms with Crippen molar-refractivity contribution in [1.29, 1.82) is 0 Å². The molecular weight excluding hydrogens is 292 g/mol.